The molecule has 78 valence electrons. The molecule has 2 heteroatoms. The van der Waals surface area contributed by atoms with Gasteiger partial charge in [-0.3, -0.25) is 0 Å². The van der Waals surface area contributed by atoms with Crippen molar-refractivity contribution in [2.45, 2.75) is 47.5 Å². The van der Waals surface area contributed by atoms with Gasteiger partial charge in [-0.05, 0) is 6.92 Å². The van der Waals surface area contributed by atoms with E-state index in [0.29, 0.717) is 0 Å². The van der Waals surface area contributed by atoms with Crippen LogP contribution in [0.5, 0.6) is 0 Å². The lowest BCUT2D eigenvalue weighted by Gasteiger charge is -2.11. The van der Waals surface area contributed by atoms with E-state index >= 15 is 0 Å². The molecule has 1 rings (SSSR count). The Morgan fingerprint density at radius 1 is 1.38 bits per heavy atom. The molecular weight excluding hydrogens is 178 g/mol. The third-order valence-electron chi connectivity index (χ3n) is 1.19. The van der Waals surface area contributed by atoms with Crippen LogP contribution in [0.25, 0.3) is 0 Å². The molecule has 0 spiro atoms. The molecular formula is C11H23NS. The monoisotopic (exact) mass is 201 g/mol. The quantitative estimate of drug-likeness (QED) is 0.474. The summed E-state index contributed by atoms with van der Waals surface area (Å²) in [6, 6.07) is 0. The zero-order valence-electron chi connectivity index (χ0n) is 9.61. The smallest absolute Gasteiger partial charge is 0.0796 e. The summed E-state index contributed by atoms with van der Waals surface area (Å²) < 4.78 is 0. The summed E-state index contributed by atoms with van der Waals surface area (Å²) in [4.78, 5) is 0.977. The summed E-state index contributed by atoms with van der Waals surface area (Å²) in [5.74, 6) is 0. The van der Waals surface area contributed by atoms with E-state index in [1.165, 1.54) is 12.0 Å². The zero-order valence-corrected chi connectivity index (χ0v) is 10.4. The van der Waals surface area contributed by atoms with E-state index in [1.54, 1.807) is 0 Å². The Kier molecular flexibility index (Phi) is 13.5. The molecule has 1 nitrogen and oxygen atoms in total. The van der Waals surface area contributed by atoms with Gasteiger partial charge in [0.2, 0.25) is 0 Å². The second-order valence-electron chi connectivity index (χ2n) is 2.74. The molecule has 0 radical (unpaired) electrons. The molecule has 1 heterocycles. The third-order valence-corrected chi connectivity index (χ3v) is 1.48. The van der Waals surface area contributed by atoms with E-state index in [0.717, 1.165) is 18.0 Å². The molecule has 0 saturated heterocycles. The average Bonchev–Trinajstić information content (AvgIpc) is 2.08. The zero-order chi connectivity index (χ0) is 10.7. The Balaban J connectivity index is 0. The van der Waals surface area contributed by atoms with E-state index in [2.05, 4.69) is 32.2 Å². The van der Waals surface area contributed by atoms with Gasteiger partial charge >= 0.3 is 0 Å². The van der Waals surface area contributed by atoms with Crippen molar-refractivity contribution in [2.24, 2.45) is 0 Å². The van der Waals surface area contributed by atoms with Crippen molar-refractivity contribution in [1.82, 2.24) is 5.32 Å². The van der Waals surface area contributed by atoms with Crippen LogP contribution in [-0.4, -0.2) is 11.5 Å². The summed E-state index contributed by atoms with van der Waals surface area (Å²) in [7, 11) is 0. The molecule has 0 aromatic carbocycles. The number of hydrogen-bond acceptors (Lipinski definition) is 1. The average molecular weight is 201 g/mol. The van der Waals surface area contributed by atoms with Crippen molar-refractivity contribution in [2.75, 3.05) is 6.54 Å². The van der Waals surface area contributed by atoms with Crippen molar-refractivity contribution in [1.29, 1.82) is 0 Å². The molecule has 1 aliphatic rings. The van der Waals surface area contributed by atoms with Crippen molar-refractivity contribution >= 4 is 17.2 Å². The molecule has 0 unspecified atom stereocenters. The highest BCUT2D eigenvalue weighted by Gasteiger charge is 2.00. The van der Waals surface area contributed by atoms with Crippen molar-refractivity contribution in [3.05, 3.63) is 11.6 Å². The standard InChI is InChI=1S/C6H9NS.C3H8.C2H6/c1-5-2-3-7-6(8)4-5;1-3-2;1-2/h2H,3-4H2,1H3,(H,7,8);3H2,1-2H3;1-2H3. The van der Waals surface area contributed by atoms with Crippen molar-refractivity contribution in [3.63, 3.8) is 0 Å². The molecule has 0 amide bonds. The molecule has 0 atom stereocenters. The van der Waals surface area contributed by atoms with Crippen LogP contribution in [0.3, 0.4) is 0 Å². The third kappa shape index (κ3) is 11.6. The van der Waals surface area contributed by atoms with Gasteiger partial charge < -0.3 is 5.32 Å². The predicted molar refractivity (Wildman–Crippen MR) is 66.3 cm³/mol. The maximum absolute atomic E-state index is 4.93. The first kappa shape index (κ1) is 15.1. The number of nitrogens with one attached hydrogen (secondary N) is 1. The lowest BCUT2D eigenvalue weighted by Crippen LogP contribution is -2.25. The molecule has 1 N–H and O–H groups in total. The van der Waals surface area contributed by atoms with Gasteiger partial charge in [-0.2, -0.15) is 0 Å². The van der Waals surface area contributed by atoms with Crippen molar-refractivity contribution < 1.29 is 0 Å². The normalized spacial score (nSPS) is 13.9. The molecule has 0 aliphatic carbocycles. The molecule has 0 bridgehead atoms. The van der Waals surface area contributed by atoms with Gasteiger partial charge in [0.25, 0.3) is 0 Å². The topological polar surface area (TPSA) is 12.0 Å². The highest BCUT2D eigenvalue weighted by atomic mass is 32.1. The lowest BCUT2D eigenvalue weighted by atomic mass is 10.1. The van der Waals surface area contributed by atoms with Crippen LogP contribution >= 0.6 is 12.2 Å². The molecule has 0 fully saturated rings. The fraction of sp³-hybridized carbons (Fsp3) is 0.727. The maximum atomic E-state index is 4.93. The SMILES string of the molecule is CC.CC1=CCNC(=S)C1.CCC. The Bertz CT molecular complexity index is 150. The van der Waals surface area contributed by atoms with Crippen LogP contribution in [0.1, 0.15) is 47.5 Å². The Hall–Kier alpha value is -0.370. The van der Waals surface area contributed by atoms with Gasteiger partial charge in [0.1, 0.15) is 0 Å². The second kappa shape index (κ2) is 11.6. The first-order valence-corrected chi connectivity index (χ1v) is 5.53. The van der Waals surface area contributed by atoms with E-state index in [-0.39, 0.29) is 0 Å². The summed E-state index contributed by atoms with van der Waals surface area (Å²) in [5.41, 5.74) is 1.38. The highest BCUT2D eigenvalue weighted by molar-refractivity contribution is 7.80. The van der Waals surface area contributed by atoms with E-state index in [4.69, 9.17) is 12.2 Å². The Labute approximate surface area is 88.6 Å². The van der Waals surface area contributed by atoms with Crippen LogP contribution in [0, 0.1) is 0 Å². The van der Waals surface area contributed by atoms with E-state index in [1.807, 2.05) is 13.8 Å². The van der Waals surface area contributed by atoms with Crippen LogP contribution in [0.15, 0.2) is 11.6 Å². The minimum absolute atomic E-state index is 0.921. The summed E-state index contributed by atoms with van der Waals surface area (Å²) >= 11 is 4.93. The second-order valence-corrected chi connectivity index (χ2v) is 3.23. The number of hydrogen-bond donors (Lipinski definition) is 1. The van der Waals surface area contributed by atoms with Gasteiger partial charge in [0, 0.05) is 13.0 Å². The summed E-state index contributed by atoms with van der Waals surface area (Å²) in [6.07, 6.45) is 4.37. The van der Waals surface area contributed by atoms with Crippen molar-refractivity contribution in [3.8, 4) is 0 Å². The largest absolute Gasteiger partial charge is 0.376 e. The molecule has 0 saturated carbocycles. The number of rotatable bonds is 0. The van der Waals surface area contributed by atoms with Gasteiger partial charge in [0.15, 0.2) is 0 Å². The highest BCUT2D eigenvalue weighted by Crippen LogP contribution is 2.03. The minimum atomic E-state index is 0.921. The fourth-order valence-electron chi connectivity index (χ4n) is 0.727. The Morgan fingerprint density at radius 3 is 2.08 bits per heavy atom. The van der Waals surface area contributed by atoms with Crippen LogP contribution in [0.2, 0.25) is 0 Å². The van der Waals surface area contributed by atoms with Crippen LogP contribution in [0.4, 0.5) is 0 Å². The maximum Gasteiger partial charge on any atom is 0.0796 e. The number of thiocarbonyl (C=S) groups is 1. The first-order valence-electron chi connectivity index (χ1n) is 5.13. The van der Waals surface area contributed by atoms with Crippen LogP contribution < -0.4 is 5.32 Å². The van der Waals surface area contributed by atoms with Crippen LogP contribution in [-0.2, 0) is 0 Å². The minimum Gasteiger partial charge on any atom is -0.376 e. The molecule has 13 heavy (non-hydrogen) atoms. The lowest BCUT2D eigenvalue weighted by molar-refractivity contribution is 0.970. The summed E-state index contributed by atoms with van der Waals surface area (Å²) in [6.45, 7) is 11.3. The van der Waals surface area contributed by atoms with E-state index < -0.39 is 0 Å². The molecule has 0 aromatic heterocycles. The van der Waals surface area contributed by atoms with Gasteiger partial charge in [-0.15, -0.1) is 0 Å². The first-order chi connectivity index (χ1) is 6.20. The molecule has 1 aliphatic heterocycles. The van der Waals surface area contributed by atoms with E-state index in [9.17, 15) is 0 Å². The Morgan fingerprint density at radius 2 is 1.85 bits per heavy atom. The molecule has 0 aromatic rings. The van der Waals surface area contributed by atoms with Gasteiger partial charge in [-0.1, -0.05) is 58.0 Å². The summed E-state index contributed by atoms with van der Waals surface area (Å²) in [5, 5.41) is 3.07. The predicted octanol–water partition coefficient (Wildman–Crippen LogP) is 3.70. The van der Waals surface area contributed by atoms with Gasteiger partial charge in [-0.25, -0.2) is 0 Å². The van der Waals surface area contributed by atoms with Gasteiger partial charge in [0.05, 0.1) is 4.99 Å². The fourth-order valence-corrected chi connectivity index (χ4v) is 1.04.